The van der Waals surface area contributed by atoms with Gasteiger partial charge in [0.1, 0.15) is 0 Å². The Morgan fingerprint density at radius 2 is 2.24 bits per heavy atom. The van der Waals surface area contributed by atoms with Gasteiger partial charge in [0, 0.05) is 23.3 Å². The van der Waals surface area contributed by atoms with Crippen LogP contribution >= 0.6 is 11.3 Å². The van der Waals surface area contributed by atoms with Crippen molar-refractivity contribution in [2.75, 3.05) is 6.54 Å². The van der Waals surface area contributed by atoms with Crippen molar-refractivity contribution in [1.82, 2.24) is 10.3 Å². The van der Waals surface area contributed by atoms with Gasteiger partial charge in [-0.15, -0.1) is 11.3 Å². The van der Waals surface area contributed by atoms with Crippen LogP contribution in [-0.2, 0) is 11.8 Å². The SMILES string of the molecule is CC(C)(C)c1csc(CCC2CCCCN2)n1. The molecule has 1 aromatic rings. The third kappa shape index (κ3) is 3.78. The van der Waals surface area contributed by atoms with Crippen LogP contribution in [0.15, 0.2) is 5.38 Å². The molecule has 1 saturated heterocycles. The smallest absolute Gasteiger partial charge is 0.0929 e. The van der Waals surface area contributed by atoms with Crippen LogP contribution in [0.1, 0.15) is 57.2 Å². The van der Waals surface area contributed by atoms with E-state index in [-0.39, 0.29) is 5.41 Å². The Bertz CT molecular complexity index is 345. The van der Waals surface area contributed by atoms with Crippen molar-refractivity contribution in [3.63, 3.8) is 0 Å². The Kier molecular flexibility index (Phi) is 4.21. The minimum Gasteiger partial charge on any atom is -0.314 e. The van der Waals surface area contributed by atoms with Gasteiger partial charge >= 0.3 is 0 Å². The fourth-order valence-corrected chi connectivity index (χ4v) is 3.28. The molecular formula is C14H24N2S. The zero-order valence-corrected chi connectivity index (χ0v) is 12.1. The van der Waals surface area contributed by atoms with E-state index in [1.165, 1.54) is 42.9 Å². The highest BCUT2D eigenvalue weighted by molar-refractivity contribution is 7.09. The van der Waals surface area contributed by atoms with E-state index in [0.29, 0.717) is 0 Å². The van der Waals surface area contributed by atoms with Gasteiger partial charge in [-0.05, 0) is 25.8 Å². The minimum atomic E-state index is 0.192. The lowest BCUT2D eigenvalue weighted by atomic mass is 9.93. The normalized spacial score (nSPS) is 21.7. The van der Waals surface area contributed by atoms with E-state index in [1.54, 1.807) is 0 Å². The summed E-state index contributed by atoms with van der Waals surface area (Å²) in [5.41, 5.74) is 1.44. The Morgan fingerprint density at radius 1 is 1.41 bits per heavy atom. The van der Waals surface area contributed by atoms with Crippen LogP contribution in [-0.4, -0.2) is 17.6 Å². The maximum absolute atomic E-state index is 4.76. The lowest BCUT2D eigenvalue weighted by Gasteiger charge is -2.22. The molecule has 0 aromatic carbocycles. The molecule has 2 nitrogen and oxygen atoms in total. The predicted octanol–water partition coefficient (Wildman–Crippen LogP) is 3.52. The topological polar surface area (TPSA) is 24.9 Å². The van der Waals surface area contributed by atoms with E-state index in [9.17, 15) is 0 Å². The molecule has 0 radical (unpaired) electrons. The molecule has 1 aliphatic heterocycles. The molecule has 1 aliphatic rings. The van der Waals surface area contributed by atoms with Crippen molar-refractivity contribution in [1.29, 1.82) is 0 Å². The highest BCUT2D eigenvalue weighted by Crippen LogP contribution is 2.25. The van der Waals surface area contributed by atoms with Gasteiger partial charge in [0.2, 0.25) is 0 Å². The van der Waals surface area contributed by atoms with Gasteiger partial charge in [-0.3, -0.25) is 0 Å². The van der Waals surface area contributed by atoms with E-state index < -0.39 is 0 Å². The molecule has 0 amide bonds. The van der Waals surface area contributed by atoms with E-state index in [1.807, 2.05) is 11.3 Å². The third-order valence-electron chi connectivity index (χ3n) is 3.44. The standard InChI is InChI=1S/C14H24N2S/c1-14(2,3)12-10-17-13(16-12)8-7-11-6-4-5-9-15-11/h10-11,15H,4-9H2,1-3H3. The number of hydrogen-bond donors (Lipinski definition) is 1. The third-order valence-corrected chi connectivity index (χ3v) is 4.35. The summed E-state index contributed by atoms with van der Waals surface area (Å²) in [7, 11) is 0. The minimum absolute atomic E-state index is 0.192. The summed E-state index contributed by atoms with van der Waals surface area (Å²) < 4.78 is 0. The molecule has 96 valence electrons. The number of hydrogen-bond acceptors (Lipinski definition) is 3. The predicted molar refractivity (Wildman–Crippen MR) is 74.8 cm³/mol. The molecule has 2 rings (SSSR count). The Hall–Kier alpha value is -0.410. The Balaban J connectivity index is 1.84. The summed E-state index contributed by atoms with van der Waals surface area (Å²) in [6, 6.07) is 0.728. The van der Waals surface area contributed by atoms with Gasteiger partial charge in [0.05, 0.1) is 10.7 Å². The molecule has 1 unspecified atom stereocenters. The summed E-state index contributed by atoms with van der Waals surface area (Å²) >= 11 is 1.83. The van der Waals surface area contributed by atoms with Crippen molar-refractivity contribution in [2.24, 2.45) is 0 Å². The number of aryl methyl sites for hydroxylation is 1. The molecule has 2 heterocycles. The van der Waals surface area contributed by atoms with Crippen LogP contribution in [0.4, 0.5) is 0 Å². The fraction of sp³-hybridized carbons (Fsp3) is 0.786. The first-order valence-corrected chi connectivity index (χ1v) is 7.62. The summed E-state index contributed by atoms with van der Waals surface area (Å²) in [5, 5.41) is 7.14. The maximum atomic E-state index is 4.76. The average molecular weight is 252 g/mol. The molecule has 1 aromatic heterocycles. The van der Waals surface area contributed by atoms with Gasteiger partial charge in [0.15, 0.2) is 0 Å². The van der Waals surface area contributed by atoms with E-state index >= 15 is 0 Å². The molecule has 0 saturated carbocycles. The van der Waals surface area contributed by atoms with E-state index in [2.05, 4.69) is 31.5 Å². The molecular weight excluding hydrogens is 228 g/mol. The molecule has 1 N–H and O–H groups in total. The van der Waals surface area contributed by atoms with E-state index in [0.717, 1.165) is 12.5 Å². The molecule has 3 heteroatoms. The average Bonchev–Trinajstić information content (AvgIpc) is 2.76. The first-order chi connectivity index (χ1) is 8.05. The van der Waals surface area contributed by atoms with Crippen LogP contribution in [0.25, 0.3) is 0 Å². The Morgan fingerprint density at radius 3 is 2.82 bits per heavy atom. The molecule has 1 atom stereocenters. The fourth-order valence-electron chi connectivity index (χ4n) is 2.24. The van der Waals surface area contributed by atoms with Crippen molar-refractivity contribution in [3.05, 3.63) is 16.1 Å². The van der Waals surface area contributed by atoms with Crippen LogP contribution < -0.4 is 5.32 Å². The van der Waals surface area contributed by atoms with Crippen LogP contribution in [0.5, 0.6) is 0 Å². The molecule has 0 bridgehead atoms. The number of piperidine rings is 1. The highest BCUT2D eigenvalue weighted by atomic mass is 32.1. The van der Waals surface area contributed by atoms with Gasteiger partial charge < -0.3 is 5.32 Å². The quantitative estimate of drug-likeness (QED) is 0.890. The summed E-state index contributed by atoms with van der Waals surface area (Å²) in [6.45, 7) is 7.90. The summed E-state index contributed by atoms with van der Waals surface area (Å²) in [4.78, 5) is 4.76. The van der Waals surface area contributed by atoms with Gasteiger partial charge in [-0.25, -0.2) is 4.98 Å². The van der Waals surface area contributed by atoms with Gasteiger partial charge in [-0.1, -0.05) is 27.2 Å². The molecule has 0 aliphatic carbocycles. The number of rotatable bonds is 3. The van der Waals surface area contributed by atoms with Crippen LogP contribution in [0, 0.1) is 0 Å². The second-order valence-electron chi connectivity index (χ2n) is 6.06. The number of thiazole rings is 1. The lowest BCUT2D eigenvalue weighted by molar-refractivity contribution is 0.382. The largest absolute Gasteiger partial charge is 0.314 e. The number of aromatic nitrogens is 1. The van der Waals surface area contributed by atoms with E-state index in [4.69, 9.17) is 4.98 Å². The lowest BCUT2D eigenvalue weighted by Crippen LogP contribution is -2.34. The molecule has 1 fully saturated rings. The van der Waals surface area contributed by atoms with Crippen LogP contribution in [0.2, 0.25) is 0 Å². The summed E-state index contributed by atoms with van der Waals surface area (Å²) in [5.74, 6) is 0. The Labute approximate surface area is 109 Å². The van der Waals surface area contributed by atoms with Gasteiger partial charge in [0.25, 0.3) is 0 Å². The van der Waals surface area contributed by atoms with Crippen LogP contribution in [0.3, 0.4) is 0 Å². The maximum Gasteiger partial charge on any atom is 0.0929 e. The highest BCUT2D eigenvalue weighted by Gasteiger charge is 2.18. The van der Waals surface area contributed by atoms with Gasteiger partial charge in [-0.2, -0.15) is 0 Å². The zero-order valence-electron chi connectivity index (χ0n) is 11.3. The summed E-state index contributed by atoms with van der Waals surface area (Å²) in [6.07, 6.45) is 6.47. The second-order valence-corrected chi connectivity index (χ2v) is 7.00. The number of nitrogens with zero attached hydrogens (tertiary/aromatic N) is 1. The van der Waals surface area contributed by atoms with Crippen molar-refractivity contribution >= 4 is 11.3 Å². The second kappa shape index (κ2) is 5.49. The first kappa shape index (κ1) is 13.0. The van der Waals surface area contributed by atoms with Crippen molar-refractivity contribution < 1.29 is 0 Å². The van der Waals surface area contributed by atoms with Crippen molar-refractivity contribution in [2.45, 2.75) is 64.3 Å². The molecule has 0 spiro atoms. The molecule has 17 heavy (non-hydrogen) atoms. The number of nitrogens with one attached hydrogen (secondary N) is 1. The zero-order chi connectivity index (χ0) is 12.3. The monoisotopic (exact) mass is 252 g/mol. The van der Waals surface area contributed by atoms with Crippen molar-refractivity contribution in [3.8, 4) is 0 Å². The first-order valence-electron chi connectivity index (χ1n) is 6.74.